The molecule has 4 N–H and O–H groups in total. The fourth-order valence-electron chi connectivity index (χ4n) is 5.08. The number of nitrogens with zero attached hydrogens (tertiary/aromatic N) is 2. The minimum atomic E-state index is -0.337. The van der Waals surface area contributed by atoms with Crippen LogP contribution >= 0.6 is 11.6 Å². The standard InChI is InChI=1S/C27H30ClFN6O2/c1-16-21(29)10-9-20(28)24(16)17(2)35-14-11-30-25-23(35)15-22(32-33-25)26(36)31-19-7-5-18(6-8-19)27(37)34-12-3-4-13-34/h5-10,15,17,30,32-33H,3-4,11-14H2,1-2H3,(H,31,36). The number of rotatable bonds is 5. The molecule has 3 aliphatic heterocycles. The summed E-state index contributed by atoms with van der Waals surface area (Å²) in [4.78, 5) is 29.6. The second-order valence-corrected chi connectivity index (χ2v) is 9.87. The maximum absolute atomic E-state index is 14.3. The minimum absolute atomic E-state index is 0.0170. The van der Waals surface area contributed by atoms with Crippen LogP contribution in [0.1, 0.15) is 47.3 Å². The summed E-state index contributed by atoms with van der Waals surface area (Å²) < 4.78 is 14.3. The molecule has 2 aromatic rings. The van der Waals surface area contributed by atoms with Crippen LogP contribution < -0.4 is 21.5 Å². The Morgan fingerprint density at radius 2 is 1.78 bits per heavy atom. The number of carbonyl (C=O) groups excluding carboxylic acids is 2. The van der Waals surface area contributed by atoms with Crippen LogP contribution in [0.25, 0.3) is 0 Å². The molecule has 2 amide bonds. The Morgan fingerprint density at radius 3 is 2.51 bits per heavy atom. The van der Waals surface area contributed by atoms with E-state index in [0.29, 0.717) is 40.6 Å². The number of hydrogen-bond acceptors (Lipinski definition) is 6. The lowest BCUT2D eigenvalue weighted by Gasteiger charge is -2.40. The summed E-state index contributed by atoms with van der Waals surface area (Å²) in [6.07, 6.45) is 3.83. The molecule has 0 spiro atoms. The second-order valence-electron chi connectivity index (χ2n) is 9.46. The monoisotopic (exact) mass is 524 g/mol. The van der Waals surface area contributed by atoms with E-state index in [4.69, 9.17) is 11.6 Å². The van der Waals surface area contributed by atoms with Crippen molar-refractivity contribution in [3.8, 4) is 0 Å². The average molecular weight is 525 g/mol. The third-order valence-corrected chi connectivity index (χ3v) is 7.46. The van der Waals surface area contributed by atoms with Crippen LogP contribution in [0.15, 0.2) is 59.7 Å². The first-order valence-electron chi connectivity index (χ1n) is 12.5. The van der Waals surface area contributed by atoms with Crippen LogP contribution in [-0.2, 0) is 4.79 Å². The van der Waals surface area contributed by atoms with E-state index in [1.807, 2.05) is 11.8 Å². The van der Waals surface area contributed by atoms with Gasteiger partial charge in [-0.05, 0) is 80.3 Å². The van der Waals surface area contributed by atoms with Crippen molar-refractivity contribution >= 4 is 29.1 Å². The maximum Gasteiger partial charge on any atom is 0.273 e. The Balaban J connectivity index is 1.33. The molecule has 1 saturated heterocycles. The van der Waals surface area contributed by atoms with E-state index in [-0.39, 0.29) is 23.7 Å². The zero-order valence-corrected chi connectivity index (χ0v) is 21.6. The van der Waals surface area contributed by atoms with E-state index in [9.17, 15) is 14.0 Å². The fraction of sp³-hybridized carbons (Fsp3) is 0.333. The van der Waals surface area contributed by atoms with E-state index in [0.717, 1.165) is 43.0 Å². The predicted octanol–water partition coefficient (Wildman–Crippen LogP) is 3.79. The highest BCUT2D eigenvalue weighted by molar-refractivity contribution is 6.31. The molecule has 1 fully saturated rings. The van der Waals surface area contributed by atoms with Gasteiger partial charge in [0.1, 0.15) is 17.3 Å². The summed E-state index contributed by atoms with van der Waals surface area (Å²) in [6.45, 7) is 6.59. The van der Waals surface area contributed by atoms with Crippen LogP contribution in [0.4, 0.5) is 10.1 Å². The van der Waals surface area contributed by atoms with Crippen LogP contribution in [0.3, 0.4) is 0 Å². The first kappa shape index (κ1) is 25.0. The molecule has 5 rings (SSSR count). The van der Waals surface area contributed by atoms with Gasteiger partial charge in [0.25, 0.3) is 11.8 Å². The summed E-state index contributed by atoms with van der Waals surface area (Å²) in [6, 6.07) is 9.65. The number of halogens is 2. The lowest BCUT2D eigenvalue weighted by molar-refractivity contribution is -0.113. The van der Waals surface area contributed by atoms with Gasteiger partial charge in [-0.25, -0.2) is 4.39 Å². The van der Waals surface area contributed by atoms with Crippen molar-refractivity contribution in [1.29, 1.82) is 0 Å². The lowest BCUT2D eigenvalue weighted by Crippen LogP contribution is -2.51. The number of benzene rings is 2. The first-order chi connectivity index (χ1) is 17.8. The molecule has 2 aromatic carbocycles. The predicted molar refractivity (Wildman–Crippen MR) is 141 cm³/mol. The highest BCUT2D eigenvalue weighted by atomic mass is 35.5. The average Bonchev–Trinajstić information content (AvgIpc) is 3.45. The molecule has 37 heavy (non-hydrogen) atoms. The largest absolute Gasteiger partial charge is 0.367 e. The zero-order valence-electron chi connectivity index (χ0n) is 20.8. The van der Waals surface area contributed by atoms with Crippen LogP contribution in [0, 0.1) is 12.7 Å². The summed E-state index contributed by atoms with van der Waals surface area (Å²) in [5.74, 6) is 0.103. The molecule has 10 heteroatoms. The van der Waals surface area contributed by atoms with Crippen LogP contribution in [-0.4, -0.2) is 47.8 Å². The number of carbonyl (C=O) groups is 2. The zero-order chi connectivity index (χ0) is 26.1. The quantitative estimate of drug-likeness (QED) is 0.476. The van der Waals surface area contributed by atoms with Crippen molar-refractivity contribution in [3.63, 3.8) is 0 Å². The molecule has 3 aliphatic rings. The summed E-state index contributed by atoms with van der Waals surface area (Å²) in [5.41, 5.74) is 9.51. The molecule has 0 aliphatic carbocycles. The van der Waals surface area contributed by atoms with Gasteiger partial charge >= 0.3 is 0 Å². The highest BCUT2D eigenvalue weighted by Gasteiger charge is 2.30. The molecular weight excluding hydrogens is 495 g/mol. The maximum atomic E-state index is 14.3. The highest BCUT2D eigenvalue weighted by Crippen LogP contribution is 2.35. The number of hydrogen-bond donors (Lipinski definition) is 4. The second kappa shape index (κ2) is 10.3. The molecule has 1 atom stereocenters. The van der Waals surface area contributed by atoms with E-state index in [1.54, 1.807) is 43.3 Å². The third-order valence-electron chi connectivity index (χ3n) is 7.13. The summed E-state index contributed by atoms with van der Waals surface area (Å²) in [5, 5.41) is 6.67. The van der Waals surface area contributed by atoms with Crippen molar-refractivity contribution in [3.05, 3.63) is 87.2 Å². The molecule has 3 heterocycles. The van der Waals surface area contributed by atoms with Crippen molar-refractivity contribution < 1.29 is 14.0 Å². The van der Waals surface area contributed by atoms with Gasteiger partial charge in [0.15, 0.2) is 0 Å². The molecule has 0 radical (unpaired) electrons. The van der Waals surface area contributed by atoms with Gasteiger partial charge in [-0.1, -0.05) is 11.6 Å². The van der Waals surface area contributed by atoms with E-state index < -0.39 is 0 Å². The van der Waals surface area contributed by atoms with Crippen LogP contribution in [0.5, 0.6) is 0 Å². The van der Waals surface area contributed by atoms with Gasteiger partial charge < -0.3 is 20.4 Å². The first-order valence-corrected chi connectivity index (χ1v) is 12.8. The molecule has 0 bridgehead atoms. The Labute approximate surface area is 220 Å². The molecule has 8 nitrogen and oxygen atoms in total. The Hall–Kier alpha value is -3.72. The van der Waals surface area contributed by atoms with Crippen molar-refractivity contribution in [2.45, 2.75) is 32.7 Å². The van der Waals surface area contributed by atoms with Crippen LogP contribution in [0.2, 0.25) is 5.02 Å². The van der Waals surface area contributed by atoms with E-state index in [2.05, 4.69) is 26.4 Å². The lowest BCUT2D eigenvalue weighted by atomic mass is 9.99. The number of nitrogens with one attached hydrogen (secondary N) is 4. The summed E-state index contributed by atoms with van der Waals surface area (Å²) >= 11 is 6.47. The van der Waals surface area contributed by atoms with Crippen molar-refractivity contribution in [2.75, 3.05) is 31.5 Å². The van der Waals surface area contributed by atoms with Gasteiger partial charge in [0, 0.05) is 42.5 Å². The molecular formula is C27H30ClFN6O2. The molecule has 194 valence electrons. The fourth-order valence-corrected chi connectivity index (χ4v) is 5.44. The normalized spacial score (nSPS) is 17.8. The number of amides is 2. The van der Waals surface area contributed by atoms with Gasteiger partial charge in [-0.15, -0.1) is 0 Å². The molecule has 1 unspecified atom stereocenters. The van der Waals surface area contributed by atoms with E-state index in [1.165, 1.54) is 6.07 Å². The van der Waals surface area contributed by atoms with Gasteiger partial charge in [-0.3, -0.25) is 20.4 Å². The van der Waals surface area contributed by atoms with Gasteiger partial charge in [0.2, 0.25) is 0 Å². The SMILES string of the molecule is Cc1c(F)ccc(Cl)c1C(C)N1CCNC2=C1C=C(C(=O)Nc1ccc(C(=O)N3CCCC3)cc1)NN2. The summed E-state index contributed by atoms with van der Waals surface area (Å²) in [7, 11) is 0. The Morgan fingerprint density at radius 1 is 1.05 bits per heavy atom. The van der Waals surface area contributed by atoms with Crippen molar-refractivity contribution in [1.82, 2.24) is 26.0 Å². The third kappa shape index (κ3) is 4.96. The van der Waals surface area contributed by atoms with Crippen molar-refractivity contribution in [2.24, 2.45) is 0 Å². The number of allylic oxidation sites excluding steroid dienone is 1. The van der Waals surface area contributed by atoms with Gasteiger partial charge in [0.05, 0.1) is 11.7 Å². The molecule has 0 aromatic heterocycles. The number of anilines is 1. The van der Waals surface area contributed by atoms with Gasteiger partial charge in [-0.2, -0.15) is 0 Å². The number of likely N-dealkylation sites (tertiary alicyclic amines) is 1. The smallest absolute Gasteiger partial charge is 0.273 e. The topological polar surface area (TPSA) is 88.7 Å². The number of hydrazine groups is 1. The Kier molecular flexibility index (Phi) is 6.97. The Bertz CT molecular complexity index is 1290. The minimum Gasteiger partial charge on any atom is -0.367 e. The molecule has 0 saturated carbocycles. The van der Waals surface area contributed by atoms with E-state index >= 15 is 0 Å².